The molecule has 7 nitrogen and oxygen atoms in total. The first-order chi connectivity index (χ1) is 15.1. The van der Waals surface area contributed by atoms with E-state index in [1.807, 2.05) is 38.1 Å². The Bertz CT molecular complexity index is 1110. The van der Waals surface area contributed by atoms with E-state index < -0.39 is 15.8 Å². The van der Waals surface area contributed by atoms with Gasteiger partial charge >= 0.3 is 5.97 Å². The summed E-state index contributed by atoms with van der Waals surface area (Å²) < 4.78 is 5.12. The molecule has 1 fully saturated rings. The summed E-state index contributed by atoms with van der Waals surface area (Å²) in [6.45, 7) is 5.93. The zero-order valence-electron chi connectivity index (χ0n) is 18.9. The maximum absolute atomic E-state index is 13.2. The Balaban J connectivity index is 1.87. The van der Waals surface area contributed by atoms with Crippen molar-refractivity contribution in [2.75, 3.05) is 12.4 Å². The molecule has 2 aliphatic rings. The molecule has 7 heteroatoms. The monoisotopic (exact) mass is 436 g/mol. The van der Waals surface area contributed by atoms with Gasteiger partial charge in [-0.3, -0.25) is 19.7 Å². The molecule has 0 aromatic heterocycles. The molecular formula is C25H28N2O5. The number of rotatable bonds is 4. The fourth-order valence-electron chi connectivity index (χ4n) is 5.76. The van der Waals surface area contributed by atoms with Gasteiger partial charge < -0.3 is 10.1 Å². The van der Waals surface area contributed by atoms with Gasteiger partial charge in [-0.1, -0.05) is 31.0 Å². The van der Waals surface area contributed by atoms with E-state index in [4.69, 9.17) is 4.74 Å². The number of nitrogens with one attached hydrogen (secondary N) is 1. The molecule has 0 aliphatic heterocycles. The van der Waals surface area contributed by atoms with Crippen molar-refractivity contribution in [3.8, 4) is 0 Å². The first kappa shape index (κ1) is 22.0. The van der Waals surface area contributed by atoms with E-state index in [1.165, 1.54) is 13.2 Å². The molecule has 2 aromatic rings. The van der Waals surface area contributed by atoms with Crippen LogP contribution in [0.25, 0.3) is 0 Å². The minimum absolute atomic E-state index is 0.133. The van der Waals surface area contributed by atoms with Crippen LogP contribution in [0, 0.1) is 28.4 Å². The van der Waals surface area contributed by atoms with Gasteiger partial charge in [-0.15, -0.1) is 0 Å². The zero-order chi connectivity index (χ0) is 23.3. The van der Waals surface area contributed by atoms with Crippen LogP contribution in [0.5, 0.6) is 0 Å². The predicted molar refractivity (Wildman–Crippen MR) is 121 cm³/mol. The van der Waals surface area contributed by atoms with Gasteiger partial charge in [-0.25, -0.2) is 0 Å². The van der Waals surface area contributed by atoms with Gasteiger partial charge in [-0.05, 0) is 61.8 Å². The number of hydrogen-bond acceptors (Lipinski definition) is 6. The van der Waals surface area contributed by atoms with Crippen molar-refractivity contribution in [3.63, 3.8) is 0 Å². The summed E-state index contributed by atoms with van der Waals surface area (Å²) in [7, 11) is 1.38. The van der Waals surface area contributed by atoms with E-state index in [-0.39, 0.29) is 29.8 Å². The van der Waals surface area contributed by atoms with Crippen molar-refractivity contribution < 1.29 is 19.2 Å². The molecule has 2 aromatic carbocycles. The van der Waals surface area contributed by atoms with Crippen LogP contribution in [0.15, 0.2) is 36.4 Å². The molecule has 0 heterocycles. The summed E-state index contributed by atoms with van der Waals surface area (Å²) >= 11 is 0. The summed E-state index contributed by atoms with van der Waals surface area (Å²) in [4.78, 5) is 37.3. The summed E-state index contributed by atoms with van der Waals surface area (Å²) in [5.74, 6) is -0.695. The SMILES string of the molecule is COC(=O)[C@]1(C)CCC[C@]2(C)c3cc(Nc4ccc(C)cc4)c([N+](=O)[O-])cc3C(=O)C[C@@H]12. The van der Waals surface area contributed by atoms with Crippen LogP contribution in [0.1, 0.15) is 61.0 Å². The Morgan fingerprint density at radius 1 is 1.19 bits per heavy atom. The Kier molecular flexibility index (Phi) is 5.31. The second kappa shape index (κ2) is 7.73. The van der Waals surface area contributed by atoms with Crippen molar-refractivity contribution in [2.45, 2.75) is 51.9 Å². The average molecular weight is 437 g/mol. The highest BCUT2D eigenvalue weighted by Crippen LogP contribution is 2.58. The molecular weight excluding hydrogens is 408 g/mol. The van der Waals surface area contributed by atoms with Crippen LogP contribution in [0.2, 0.25) is 0 Å². The number of aryl methyl sites for hydroxylation is 1. The first-order valence-corrected chi connectivity index (χ1v) is 10.9. The van der Waals surface area contributed by atoms with Crippen molar-refractivity contribution in [3.05, 3.63) is 63.2 Å². The molecule has 1 N–H and O–H groups in total. The number of benzene rings is 2. The van der Waals surface area contributed by atoms with Crippen LogP contribution in [-0.2, 0) is 14.9 Å². The quantitative estimate of drug-likeness (QED) is 0.388. The van der Waals surface area contributed by atoms with Gasteiger partial charge in [0.05, 0.1) is 17.4 Å². The van der Waals surface area contributed by atoms with Crippen LogP contribution in [0.4, 0.5) is 17.1 Å². The van der Waals surface area contributed by atoms with Gasteiger partial charge in [0.2, 0.25) is 0 Å². The lowest BCUT2D eigenvalue weighted by Crippen LogP contribution is -2.53. The van der Waals surface area contributed by atoms with Crippen molar-refractivity contribution >= 4 is 28.8 Å². The van der Waals surface area contributed by atoms with Crippen LogP contribution >= 0.6 is 0 Å². The maximum Gasteiger partial charge on any atom is 0.311 e. The highest BCUT2D eigenvalue weighted by Gasteiger charge is 2.57. The topological polar surface area (TPSA) is 98.5 Å². The molecule has 0 amide bonds. The number of nitro groups is 1. The normalized spacial score (nSPS) is 26.6. The molecule has 0 unspecified atom stereocenters. The van der Waals surface area contributed by atoms with E-state index in [2.05, 4.69) is 12.2 Å². The zero-order valence-corrected chi connectivity index (χ0v) is 18.9. The van der Waals surface area contributed by atoms with Gasteiger partial charge in [0.25, 0.3) is 5.69 Å². The standard InChI is InChI=1S/C25H28N2O5/c1-15-6-8-16(9-7-15)26-19-13-18-17(12-20(19)27(30)31)21(28)14-22-24(18,2)10-5-11-25(22,3)23(29)32-4/h6-9,12-13,22,26H,5,10-11,14H2,1-4H3/t22-,24-,25-/m1/s1. The number of carbonyl (C=O) groups is 2. The number of ether oxygens (including phenoxy) is 1. The molecule has 168 valence electrons. The van der Waals surface area contributed by atoms with Gasteiger partial charge in [-0.2, -0.15) is 0 Å². The van der Waals surface area contributed by atoms with E-state index >= 15 is 0 Å². The predicted octanol–water partition coefficient (Wildman–Crippen LogP) is 5.47. The molecule has 0 radical (unpaired) electrons. The number of nitrogens with zero attached hydrogens (tertiary/aromatic N) is 1. The van der Waals surface area contributed by atoms with Crippen molar-refractivity contribution in [1.29, 1.82) is 0 Å². The number of anilines is 2. The molecule has 0 spiro atoms. The molecule has 0 bridgehead atoms. The summed E-state index contributed by atoms with van der Waals surface area (Å²) in [6.07, 6.45) is 2.44. The molecule has 0 saturated heterocycles. The van der Waals surface area contributed by atoms with E-state index in [9.17, 15) is 19.7 Å². The lowest BCUT2D eigenvalue weighted by molar-refractivity contribution is -0.384. The third-order valence-electron chi connectivity index (χ3n) is 7.55. The highest BCUT2D eigenvalue weighted by atomic mass is 16.6. The van der Waals surface area contributed by atoms with Crippen LogP contribution in [-0.4, -0.2) is 23.8 Å². The summed E-state index contributed by atoms with van der Waals surface area (Å²) in [6, 6.07) is 10.7. The van der Waals surface area contributed by atoms with Gasteiger partial charge in [0.1, 0.15) is 5.69 Å². The molecule has 2 aliphatic carbocycles. The minimum Gasteiger partial charge on any atom is -0.469 e. The molecule has 1 saturated carbocycles. The summed E-state index contributed by atoms with van der Waals surface area (Å²) in [5.41, 5.74) is 1.94. The Hall–Kier alpha value is -3.22. The Morgan fingerprint density at radius 3 is 2.50 bits per heavy atom. The largest absolute Gasteiger partial charge is 0.469 e. The van der Waals surface area contributed by atoms with Crippen molar-refractivity contribution in [1.82, 2.24) is 0 Å². The molecule has 4 rings (SSSR count). The van der Waals surface area contributed by atoms with Crippen molar-refractivity contribution in [2.24, 2.45) is 11.3 Å². The van der Waals surface area contributed by atoms with Crippen LogP contribution < -0.4 is 5.32 Å². The Morgan fingerprint density at radius 2 is 1.88 bits per heavy atom. The summed E-state index contributed by atoms with van der Waals surface area (Å²) in [5, 5.41) is 15.0. The third-order valence-corrected chi connectivity index (χ3v) is 7.55. The minimum atomic E-state index is -0.776. The number of ketones is 1. The Labute approximate surface area is 187 Å². The number of esters is 1. The number of hydrogen-bond donors (Lipinski definition) is 1. The maximum atomic E-state index is 13.2. The van der Waals surface area contributed by atoms with Gasteiger partial charge in [0, 0.05) is 23.7 Å². The first-order valence-electron chi connectivity index (χ1n) is 10.9. The number of Topliss-reactive ketones (excluding diaryl/α,β-unsaturated/α-hetero) is 1. The second-order valence-corrected chi connectivity index (χ2v) is 9.52. The number of nitro benzene ring substituents is 1. The fourth-order valence-corrected chi connectivity index (χ4v) is 5.76. The molecule has 3 atom stereocenters. The van der Waals surface area contributed by atoms with Crippen LogP contribution in [0.3, 0.4) is 0 Å². The van der Waals surface area contributed by atoms with E-state index in [1.54, 1.807) is 6.07 Å². The van der Waals surface area contributed by atoms with E-state index in [0.29, 0.717) is 17.7 Å². The molecule has 32 heavy (non-hydrogen) atoms. The number of methoxy groups -OCH3 is 1. The lowest BCUT2D eigenvalue weighted by Gasteiger charge is -2.53. The number of carbonyl (C=O) groups excluding carboxylic acids is 2. The third kappa shape index (κ3) is 3.36. The highest BCUT2D eigenvalue weighted by molar-refractivity contribution is 6.02. The number of fused-ring (bicyclic) bond motifs is 3. The second-order valence-electron chi connectivity index (χ2n) is 9.52. The average Bonchev–Trinajstić information content (AvgIpc) is 2.76. The lowest BCUT2D eigenvalue weighted by atomic mass is 9.49. The fraction of sp³-hybridized carbons (Fsp3) is 0.440. The smallest absolute Gasteiger partial charge is 0.311 e. The van der Waals surface area contributed by atoms with Gasteiger partial charge in [0.15, 0.2) is 5.78 Å². The van der Waals surface area contributed by atoms with E-state index in [0.717, 1.165) is 29.7 Å².